The van der Waals surface area contributed by atoms with Gasteiger partial charge in [0.25, 0.3) is 0 Å². The Kier molecular flexibility index (Phi) is 11.6. The summed E-state index contributed by atoms with van der Waals surface area (Å²) in [5.41, 5.74) is 0. The predicted molar refractivity (Wildman–Crippen MR) is 26.6 cm³/mol. The van der Waals surface area contributed by atoms with E-state index in [1.165, 1.54) is 0 Å². The van der Waals surface area contributed by atoms with Crippen molar-refractivity contribution in [2.75, 3.05) is 13.3 Å². The average Bonchev–Trinajstić information content (AvgIpc) is 1.35. The van der Waals surface area contributed by atoms with Crippen LogP contribution in [0.4, 0.5) is 0 Å². The molecular formula is C3H9O2PY. The Labute approximate surface area is 69.8 Å². The van der Waals surface area contributed by atoms with Crippen molar-refractivity contribution in [2.45, 2.75) is 6.92 Å². The van der Waals surface area contributed by atoms with Crippen LogP contribution in [-0.2, 0) is 41.8 Å². The van der Waals surface area contributed by atoms with E-state index in [2.05, 4.69) is 4.52 Å². The first-order valence-corrected chi connectivity index (χ1v) is 3.72. The van der Waals surface area contributed by atoms with Crippen LogP contribution in [0.25, 0.3) is 0 Å². The molecule has 7 heavy (non-hydrogen) atoms. The molecule has 0 saturated heterocycles. The van der Waals surface area contributed by atoms with Crippen LogP contribution in [0.2, 0.25) is 0 Å². The third kappa shape index (κ3) is 11.1. The standard InChI is InChI=1S/C3H9O2P.Y/c1-3-5-6(2)4;/h6H,3H2,1-2H3;. The van der Waals surface area contributed by atoms with E-state index < -0.39 is 8.03 Å². The zero-order chi connectivity index (χ0) is 4.99. The third-order valence-electron chi connectivity index (χ3n) is 0.348. The quantitative estimate of drug-likeness (QED) is 0.620. The van der Waals surface area contributed by atoms with Gasteiger partial charge >= 0.3 is 0 Å². The summed E-state index contributed by atoms with van der Waals surface area (Å²) in [6.45, 7) is 3.97. The first kappa shape index (κ1) is 11.1. The minimum atomic E-state index is -1.64. The fourth-order valence-electron chi connectivity index (χ4n) is 0.203. The predicted octanol–water partition coefficient (Wildman–Crippen LogP) is 1.12. The maximum atomic E-state index is 10.0. The number of rotatable bonds is 2. The van der Waals surface area contributed by atoms with Gasteiger partial charge in [-0.25, -0.2) is 0 Å². The fraction of sp³-hybridized carbons (Fsp3) is 1.00. The van der Waals surface area contributed by atoms with E-state index in [1.54, 1.807) is 6.66 Å². The van der Waals surface area contributed by atoms with Crippen molar-refractivity contribution in [3.8, 4) is 0 Å². The monoisotopic (exact) mass is 197 g/mol. The van der Waals surface area contributed by atoms with Crippen LogP contribution < -0.4 is 0 Å². The zero-order valence-electron chi connectivity index (χ0n) is 4.60. The Hall–Kier alpha value is 1.29. The van der Waals surface area contributed by atoms with Crippen LogP contribution in [-0.4, -0.2) is 13.3 Å². The molecule has 0 rings (SSSR count). The summed E-state index contributed by atoms with van der Waals surface area (Å²) in [6.07, 6.45) is 0. The molecule has 0 aliphatic carbocycles. The van der Waals surface area contributed by atoms with E-state index in [1.807, 2.05) is 6.92 Å². The van der Waals surface area contributed by atoms with E-state index in [0.717, 1.165) is 0 Å². The van der Waals surface area contributed by atoms with Crippen LogP contribution in [0.5, 0.6) is 0 Å². The molecule has 1 atom stereocenters. The van der Waals surface area contributed by atoms with Crippen molar-refractivity contribution >= 4 is 8.03 Å². The molecule has 0 fully saturated rings. The molecule has 0 aliphatic heterocycles. The van der Waals surface area contributed by atoms with Gasteiger partial charge < -0.3 is 4.52 Å². The van der Waals surface area contributed by atoms with Crippen LogP contribution in [0, 0.1) is 0 Å². The SMILES string of the molecule is CCO[PH](C)=O.[Y]. The first-order chi connectivity index (χ1) is 2.77. The van der Waals surface area contributed by atoms with E-state index in [-0.39, 0.29) is 32.7 Å². The molecule has 0 amide bonds. The molecule has 0 bridgehead atoms. The van der Waals surface area contributed by atoms with E-state index in [4.69, 9.17) is 0 Å². The Morgan fingerprint density at radius 2 is 2.14 bits per heavy atom. The summed E-state index contributed by atoms with van der Waals surface area (Å²) in [5.74, 6) is 0. The molecule has 0 aromatic rings. The Morgan fingerprint density at radius 1 is 1.71 bits per heavy atom. The fourth-order valence-corrected chi connectivity index (χ4v) is 0.610. The van der Waals surface area contributed by atoms with Crippen molar-refractivity contribution in [2.24, 2.45) is 0 Å². The van der Waals surface area contributed by atoms with Crippen LogP contribution in [0.1, 0.15) is 6.92 Å². The van der Waals surface area contributed by atoms with Gasteiger partial charge in [-0.3, -0.25) is 4.57 Å². The topological polar surface area (TPSA) is 26.3 Å². The van der Waals surface area contributed by atoms with Crippen LogP contribution in [0.15, 0.2) is 0 Å². The summed E-state index contributed by atoms with van der Waals surface area (Å²) in [4.78, 5) is 0. The minimum absolute atomic E-state index is 0. The van der Waals surface area contributed by atoms with Gasteiger partial charge in [0.05, 0.1) is 6.61 Å². The van der Waals surface area contributed by atoms with E-state index in [0.29, 0.717) is 6.61 Å². The number of hydrogen-bond donors (Lipinski definition) is 0. The number of hydrogen-bond acceptors (Lipinski definition) is 2. The average molecular weight is 197 g/mol. The molecule has 2 nitrogen and oxygen atoms in total. The summed E-state index contributed by atoms with van der Waals surface area (Å²) in [5, 5.41) is 0. The molecule has 41 valence electrons. The summed E-state index contributed by atoms with van der Waals surface area (Å²) >= 11 is 0. The smallest absolute Gasteiger partial charge is 0.188 e. The van der Waals surface area contributed by atoms with Crippen molar-refractivity contribution in [1.29, 1.82) is 0 Å². The van der Waals surface area contributed by atoms with Crippen molar-refractivity contribution in [1.82, 2.24) is 0 Å². The summed E-state index contributed by atoms with van der Waals surface area (Å²) in [6, 6.07) is 0. The third-order valence-corrected chi connectivity index (χ3v) is 1.04. The summed E-state index contributed by atoms with van der Waals surface area (Å²) in [7, 11) is -1.64. The van der Waals surface area contributed by atoms with Gasteiger partial charge in [0, 0.05) is 39.4 Å². The minimum Gasteiger partial charge on any atom is -0.331 e. The Bertz CT molecular complexity index is 56.9. The molecule has 1 radical (unpaired) electrons. The van der Waals surface area contributed by atoms with Gasteiger partial charge in [-0.15, -0.1) is 0 Å². The molecule has 0 aromatic carbocycles. The van der Waals surface area contributed by atoms with Gasteiger partial charge in [-0.2, -0.15) is 0 Å². The van der Waals surface area contributed by atoms with Crippen LogP contribution in [0.3, 0.4) is 0 Å². The normalized spacial score (nSPS) is 12.3. The van der Waals surface area contributed by atoms with E-state index >= 15 is 0 Å². The summed E-state index contributed by atoms with van der Waals surface area (Å²) < 4.78 is 14.6. The second kappa shape index (κ2) is 7.29. The second-order valence-corrected chi connectivity index (χ2v) is 2.20. The Balaban J connectivity index is 0. The molecular weight excluding hydrogens is 188 g/mol. The molecule has 1 unspecified atom stereocenters. The molecule has 4 heteroatoms. The molecule has 0 saturated carbocycles. The first-order valence-electron chi connectivity index (χ1n) is 1.90. The van der Waals surface area contributed by atoms with Gasteiger partial charge in [-0.05, 0) is 6.92 Å². The molecule has 0 N–H and O–H groups in total. The van der Waals surface area contributed by atoms with Gasteiger partial charge in [0.15, 0.2) is 8.03 Å². The van der Waals surface area contributed by atoms with Crippen molar-refractivity contribution < 1.29 is 41.8 Å². The maximum Gasteiger partial charge on any atom is 0.188 e. The second-order valence-electron chi connectivity index (χ2n) is 0.925. The molecule has 0 spiro atoms. The zero-order valence-corrected chi connectivity index (χ0v) is 8.44. The molecule has 0 heterocycles. The maximum absolute atomic E-state index is 10.0. The molecule has 0 aromatic heterocycles. The van der Waals surface area contributed by atoms with Gasteiger partial charge in [0.1, 0.15) is 0 Å². The Morgan fingerprint density at radius 3 is 2.14 bits per heavy atom. The van der Waals surface area contributed by atoms with E-state index in [9.17, 15) is 4.57 Å². The van der Waals surface area contributed by atoms with Gasteiger partial charge in [0.2, 0.25) is 0 Å². The van der Waals surface area contributed by atoms with Crippen molar-refractivity contribution in [3.05, 3.63) is 0 Å². The van der Waals surface area contributed by atoms with Crippen molar-refractivity contribution in [3.63, 3.8) is 0 Å². The van der Waals surface area contributed by atoms with Crippen LogP contribution >= 0.6 is 8.03 Å². The largest absolute Gasteiger partial charge is 0.331 e. The van der Waals surface area contributed by atoms with Gasteiger partial charge in [-0.1, -0.05) is 0 Å². The molecule has 0 aliphatic rings.